The van der Waals surface area contributed by atoms with Crippen LogP contribution in [0.2, 0.25) is 0 Å². The Morgan fingerprint density at radius 3 is 2.35 bits per heavy atom. The number of hydrogen-bond donors (Lipinski definition) is 1. The first kappa shape index (κ1) is 17.1. The molecule has 0 bridgehead atoms. The van der Waals surface area contributed by atoms with Gasteiger partial charge < -0.3 is 5.73 Å². The van der Waals surface area contributed by atoms with E-state index in [0.717, 1.165) is 12.0 Å². The van der Waals surface area contributed by atoms with E-state index in [9.17, 15) is 4.39 Å². The van der Waals surface area contributed by atoms with Gasteiger partial charge in [-0.15, -0.1) is 0 Å². The van der Waals surface area contributed by atoms with Gasteiger partial charge in [-0.2, -0.15) is 0 Å². The fourth-order valence-corrected chi connectivity index (χ4v) is 2.55. The minimum atomic E-state index is -0.201. The molecule has 3 heteroatoms. The molecular formula is C17H29FN2. The van der Waals surface area contributed by atoms with Gasteiger partial charge in [0.1, 0.15) is 5.82 Å². The van der Waals surface area contributed by atoms with Gasteiger partial charge >= 0.3 is 0 Å². The molecule has 0 aliphatic carbocycles. The molecule has 0 saturated carbocycles. The molecule has 0 aliphatic heterocycles. The fourth-order valence-electron chi connectivity index (χ4n) is 2.55. The second-order valence-electron chi connectivity index (χ2n) is 6.78. The highest BCUT2D eigenvalue weighted by atomic mass is 19.1. The summed E-state index contributed by atoms with van der Waals surface area (Å²) in [5, 5.41) is 0. The number of hydrogen-bond acceptors (Lipinski definition) is 2. The number of nitrogens with two attached hydrogens (primary N) is 1. The summed E-state index contributed by atoms with van der Waals surface area (Å²) >= 11 is 0. The van der Waals surface area contributed by atoms with Crippen LogP contribution in [0.3, 0.4) is 0 Å². The molecule has 0 aromatic heterocycles. The molecule has 20 heavy (non-hydrogen) atoms. The van der Waals surface area contributed by atoms with Gasteiger partial charge in [0.25, 0.3) is 0 Å². The lowest BCUT2D eigenvalue weighted by Gasteiger charge is -2.42. The summed E-state index contributed by atoms with van der Waals surface area (Å²) in [4.78, 5) is 2.28. The molecule has 3 atom stereocenters. The zero-order valence-corrected chi connectivity index (χ0v) is 13.7. The molecule has 0 fully saturated rings. The summed E-state index contributed by atoms with van der Waals surface area (Å²) in [5.41, 5.74) is 7.42. The van der Waals surface area contributed by atoms with Crippen molar-refractivity contribution in [1.29, 1.82) is 0 Å². The highest BCUT2D eigenvalue weighted by Crippen LogP contribution is 2.32. The standard InChI is InChI=1S/C17H29FN2/c1-7-15(19)16(13-9-8-10-14(18)11-13)20(6)12(2)17(3,4)5/h8-12,15-16H,7,19H2,1-6H3. The van der Waals surface area contributed by atoms with Gasteiger partial charge in [-0.05, 0) is 43.5 Å². The van der Waals surface area contributed by atoms with E-state index >= 15 is 0 Å². The Balaban J connectivity index is 3.13. The van der Waals surface area contributed by atoms with Crippen LogP contribution >= 0.6 is 0 Å². The van der Waals surface area contributed by atoms with Crippen LogP contribution in [-0.2, 0) is 0 Å². The van der Waals surface area contributed by atoms with Crippen molar-refractivity contribution in [3.05, 3.63) is 35.6 Å². The first-order chi connectivity index (χ1) is 9.18. The summed E-state index contributed by atoms with van der Waals surface area (Å²) in [6.07, 6.45) is 0.863. The van der Waals surface area contributed by atoms with E-state index in [1.54, 1.807) is 12.1 Å². The third-order valence-corrected chi connectivity index (χ3v) is 4.37. The topological polar surface area (TPSA) is 29.3 Å². The molecule has 114 valence electrons. The van der Waals surface area contributed by atoms with E-state index in [1.807, 2.05) is 6.07 Å². The van der Waals surface area contributed by atoms with Gasteiger partial charge in [-0.25, -0.2) is 4.39 Å². The Morgan fingerprint density at radius 2 is 1.90 bits per heavy atom. The summed E-state index contributed by atoms with van der Waals surface area (Å²) in [6, 6.07) is 7.17. The third-order valence-electron chi connectivity index (χ3n) is 4.37. The molecule has 3 unspecified atom stereocenters. The Kier molecular flexibility index (Phi) is 5.72. The Hall–Kier alpha value is -0.930. The van der Waals surface area contributed by atoms with Crippen LogP contribution in [0.5, 0.6) is 0 Å². The lowest BCUT2D eigenvalue weighted by Crippen LogP contribution is -2.47. The number of benzene rings is 1. The molecule has 0 aliphatic rings. The van der Waals surface area contributed by atoms with E-state index in [4.69, 9.17) is 5.73 Å². The highest BCUT2D eigenvalue weighted by Gasteiger charge is 2.32. The van der Waals surface area contributed by atoms with Gasteiger partial charge in [-0.1, -0.05) is 39.8 Å². The molecule has 1 aromatic rings. The smallest absolute Gasteiger partial charge is 0.123 e. The minimum absolute atomic E-state index is 0.00778. The van der Waals surface area contributed by atoms with Crippen LogP contribution in [0, 0.1) is 11.2 Å². The van der Waals surface area contributed by atoms with E-state index in [0.29, 0.717) is 6.04 Å². The van der Waals surface area contributed by atoms with Gasteiger partial charge in [0, 0.05) is 18.1 Å². The zero-order chi connectivity index (χ0) is 15.5. The van der Waals surface area contributed by atoms with Crippen molar-refractivity contribution < 1.29 is 4.39 Å². The Labute approximate surface area is 123 Å². The summed E-state index contributed by atoms with van der Waals surface area (Å²) in [6.45, 7) is 10.9. The number of likely N-dealkylation sites (N-methyl/N-ethyl adjacent to an activating group) is 1. The van der Waals surface area contributed by atoms with Crippen molar-refractivity contribution in [3.8, 4) is 0 Å². The van der Waals surface area contributed by atoms with Crippen LogP contribution < -0.4 is 5.73 Å². The van der Waals surface area contributed by atoms with Crippen molar-refractivity contribution in [2.24, 2.45) is 11.1 Å². The maximum absolute atomic E-state index is 13.5. The van der Waals surface area contributed by atoms with Crippen molar-refractivity contribution in [1.82, 2.24) is 4.90 Å². The minimum Gasteiger partial charge on any atom is -0.326 e. The summed E-state index contributed by atoms with van der Waals surface area (Å²) in [7, 11) is 2.08. The third kappa shape index (κ3) is 4.03. The predicted octanol–water partition coefficient (Wildman–Crippen LogP) is 3.97. The van der Waals surface area contributed by atoms with Gasteiger partial charge in [0.15, 0.2) is 0 Å². The highest BCUT2D eigenvalue weighted by molar-refractivity contribution is 5.22. The second-order valence-corrected chi connectivity index (χ2v) is 6.78. The molecule has 0 spiro atoms. The molecule has 1 aromatic carbocycles. The molecular weight excluding hydrogens is 251 g/mol. The SMILES string of the molecule is CCC(N)C(c1cccc(F)c1)N(C)C(C)C(C)(C)C. The zero-order valence-electron chi connectivity index (χ0n) is 13.7. The lowest BCUT2D eigenvalue weighted by molar-refractivity contribution is 0.0830. The molecule has 1 rings (SSSR count). The van der Waals surface area contributed by atoms with Crippen LogP contribution in [-0.4, -0.2) is 24.0 Å². The van der Waals surface area contributed by atoms with Gasteiger partial charge in [0.2, 0.25) is 0 Å². The maximum Gasteiger partial charge on any atom is 0.123 e. The van der Waals surface area contributed by atoms with Crippen molar-refractivity contribution >= 4 is 0 Å². The summed E-state index contributed by atoms with van der Waals surface area (Å²) in [5.74, 6) is -0.201. The van der Waals surface area contributed by atoms with Crippen molar-refractivity contribution in [3.63, 3.8) is 0 Å². The average molecular weight is 280 g/mol. The van der Waals surface area contributed by atoms with Crippen LogP contribution in [0.25, 0.3) is 0 Å². The van der Waals surface area contributed by atoms with Gasteiger partial charge in [-0.3, -0.25) is 4.90 Å². The first-order valence-corrected chi connectivity index (χ1v) is 7.41. The van der Waals surface area contributed by atoms with Crippen molar-refractivity contribution in [2.75, 3.05) is 7.05 Å². The van der Waals surface area contributed by atoms with E-state index < -0.39 is 0 Å². The fraction of sp³-hybridized carbons (Fsp3) is 0.647. The van der Waals surface area contributed by atoms with E-state index in [-0.39, 0.29) is 23.3 Å². The molecule has 0 amide bonds. The van der Waals surface area contributed by atoms with Crippen molar-refractivity contribution in [2.45, 2.75) is 59.2 Å². The van der Waals surface area contributed by atoms with Crippen LogP contribution in [0.1, 0.15) is 52.6 Å². The van der Waals surface area contributed by atoms with E-state index in [2.05, 4.69) is 46.6 Å². The van der Waals surface area contributed by atoms with Crippen LogP contribution in [0.4, 0.5) is 4.39 Å². The molecule has 0 heterocycles. The molecule has 2 nitrogen and oxygen atoms in total. The van der Waals surface area contributed by atoms with E-state index in [1.165, 1.54) is 6.07 Å². The largest absolute Gasteiger partial charge is 0.326 e. The lowest BCUT2D eigenvalue weighted by atomic mass is 9.84. The van der Waals surface area contributed by atoms with Crippen LogP contribution in [0.15, 0.2) is 24.3 Å². The Bertz CT molecular complexity index is 425. The predicted molar refractivity (Wildman–Crippen MR) is 84.1 cm³/mol. The second kappa shape index (κ2) is 6.68. The number of halogens is 1. The number of nitrogens with zero attached hydrogens (tertiary/aromatic N) is 1. The number of rotatable bonds is 5. The normalized spacial score (nSPS) is 17.1. The quantitative estimate of drug-likeness (QED) is 0.884. The molecule has 0 saturated heterocycles. The molecule has 0 radical (unpaired) electrons. The average Bonchev–Trinajstić information content (AvgIpc) is 2.36. The summed E-state index contributed by atoms with van der Waals surface area (Å²) < 4.78 is 13.5. The molecule has 2 N–H and O–H groups in total. The van der Waals surface area contributed by atoms with Gasteiger partial charge in [0.05, 0.1) is 0 Å². The first-order valence-electron chi connectivity index (χ1n) is 7.41. The Morgan fingerprint density at radius 1 is 1.30 bits per heavy atom. The maximum atomic E-state index is 13.5. The monoisotopic (exact) mass is 280 g/mol.